The quantitative estimate of drug-likeness (QED) is 0.0395. The molecule has 0 saturated carbocycles. The van der Waals surface area contributed by atoms with Crippen molar-refractivity contribution >= 4 is 127 Å². The Morgan fingerprint density at radius 3 is 1.98 bits per heavy atom. The van der Waals surface area contributed by atoms with Crippen LogP contribution in [0, 0.1) is 5.41 Å². The number of hydrogen-bond acceptors (Lipinski definition) is 10. The Labute approximate surface area is 381 Å². The maximum Gasteiger partial charge on any atom is 2.00 e. The summed E-state index contributed by atoms with van der Waals surface area (Å²) in [6, 6.07) is -1.13. The number of carbonyl (C=O) groups is 3. The van der Waals surface area contributed by atoms with Crippen LogP contribution in [0.5, 0.6) is 0 Å². The van der Waals surface area contributed by atoms with Crippen molar-refractivity contribution in [1.82, 2.24) is 0 Å². The zero-order valence-electron chi connectivity index (χ0n) is 33.0. The molecule has 1 rings (SSSR count). The number of aliphatic hydroxyl groups excluding tert-OH is 5. The van der Waals surface area contributed by atoms with Crippen molar-refractivity contribution in [3.8, 4) is 0 Å². The predicted molar refractivity (Wildman–Crippen MR) is 189 cm³/mol. The second kappa shape index (κ2) is 36.2. The molecule has 0 aromatic heterocycles. The molecule has 0 aromatic carbocycles. The summed E-state index contributed by atoms with van der Waals surface area (Å²) in [6.07, 6.45) is 9.49. The molecule has 0 fully saturated rings. The van der Waals surface area contributed by atoms with Crippen molar-refractivity contribution < 1.29 is 91.6 Å². The number of nitrogens with two attached hydrogens (primary N) is 1. The van der Waals surface area contributed by atoms with Crippen LogP contribution in [0.2, 0.25) is 0 Å². The molecule has 0 spiro atoms. The number of carbonyl (C=O) groups excluding carboxylic acids is 1. The van der Waals surface area contributed by atoms with Gasteiger partial charge in [0.05, 0.1) is 19.8 Å². The van der Waals surface area contributed by atoms with E-state index in [-0.39, 0.29) is 159 Å². The third-order valence-corrected chi connectivity index (χ3v) is 5.99. The number of hydrogen-bond donors (Lipinski definition) is 8. The Bertz CT molecular complexity index is 1020. The van der Waals surface area contributed by atoms with Crippen LogP contribution in [0.4, 0.5) is 4.79 Å². The molecule has 0 saturated heterocycles. The summed E-state index contributed by atoms with van der Waals surface area (Å²) in [5.41, 5.74) is 10.4. The van der Waals surface area contributed by atoms with E-state index < -0.39 is 49.7 Å². The van der Waals surface area contributed by atoms with Gasteiger partial charge in [-0.15, -0.1) is 12.4 Å². The number of halogens is 1. The summed E-state index contributed by atoms with van der Waals surface area (Å²) in [5.74, 6) is -1.18. The summed E-state index contributed by atoms with van der Waals surface area (Å²) in [4.78, 5) is 29.8. The molecule has 0 aliphatic heterocycles. The fourth-order valence-electron chi connectivity index (χ4n) is 3.54. The molecular formula is C29H56BaCaClNNaO11P. The van der Waals surface area contributed by atoms with Crippen molar-refractivity contribution in [3.63, 3.8) is 0 Å². The molecule has 0 aromatic rings. The standard InChI is InChI=1S/C20H30O.C6H10O7.C3H7NO3.Ba.Ca.ClH.Na.H3P.5H/c1-16(8-6-9-17(2)13-15-21)11-12-19-18(3)10-7-14-20(19,4)5;7-1-3(9)5(10)4(2-8)13-6(11)12;4-2(1-5)3(6)7;;;;;;;;;;/h6,8-9,11-13,21H,7,10,14-15H2,1-5H3;2-5,7,9-10H,1H2,(H,11,12);2,5H,1,4H2,(H,6,7);;;1H;;1H3;;;;;/q;;;2*+2;;+1;;5*-1/b9-6+,12-11+,16-8+,17-13+;;;;;;;;;;;;/t;3-,4+,5+;;;;;;;;;;;/m.1.........../s1. The molecule has 0 radical (unpaired) electrons. The Hall–Kier alpha value is 1.42. The van der Waals surface area contributed by atoms with E-state index in [1.54, 1.807) is 6.08 Å². The summed E-state index contributed by atoms with van der Waals surface area (Å²) in [5, 5.41) is 58.9. The zero-order valence-corrected chi connectivity index (χ0v) is 38.8. The van der Waals surface area contributed by atoms with Gasteiger partial charge in [-0.05, 0) is 51.0 Å². The van der Waals surface area contributed by atoms with Gasteiger partial charge in [0.15, 0.2) is 12.4 Å². The summed E-state index contributed by atoms with van der Waals surface area (Å²) < 4.78 is 3.91. The Morgan fingerprint density at radius 1 is 1.07 bits per heavy atom. The molecule has 5 atom stereocenters. The van der Waals surface area contributed by atoms with Crippen molar-refractivity contribution in [3.05, 3.63) is 58.7 Å². The summed E-state index contributed by atoms with van der Waals surface area (Å²) in [6.45, 7) is 9.87. The number of allylic oxidation sites excluding steroid dienone is 9. The van der Waals surface area contributed by atoms with E-state index >= 15 is 0 Å². The van der Waals surface area contributed by atoms with Crippen molar-refractivity contribution in [2.24, 2.45) is 11.1 Å². The molecule has 260 valence electrons. The first kappa shape index (κ1) is 62.5. The van der Waals surface area contributed by atoms with Crippen LogP contribution < -0.4 is 35.3 Å². The van der Waals surface area contributed by atoms with E-state index in [1.807, 2.05) is 19.1 Å². The van der Waals surface area contributed by atoms with Gasteiger partial charge in [0.25, 0.3) is 0 Å². The van der Waals surface area contributed by atoms with Gasteiger partial charge in [0.1, 0.15) is 18.2 Å². The van der Waals surface area contributed by atoms with Gasteiger partial charge in [-0.2, -0.15) is 9.90 Å². The molecule has 1 aliphatic carbocycles. The van der Waals surface area contributed by atoms with Gasteiger partial charge in [-0.3, -0.25) is 9.59 Å². The SMILES string of the molecule is CC1=C(/C=C/C(C)=C/C=C/C(C)=C/CO)C(C)(C)CCC1.Cl.NC(CO)C(=O)O.O=C[C@H](OC(=O)O)[C@@H](O)[C@H](O)CO.P.[Ba+2].[Ca+2].[H-].[H-].[H-].[H-].[H-].[Na+]. The van der Waals surface area contributed by atoms with Gasteiger partial charge in [0, 0.05) is 0 Å². The third kappa shape index (κ3) is 30.3. The first-order chi connectivity index (χ1) is 19.1. The number of aldehydes is 1. The predicted octanol–water partition coefficient (Wildman–Crippen LogP) is -0.852. The van der Waals surface area contributed by atoms with Gasteiger partial charge in [-0.25, -0.2) is 4.79 Å². The van der Waals surface area contributed by atoms with Gasteiger partial charge in [0.2, 0.25) is 0 Å². The molecule has 0 bridgehead atoms. The first-order valence-corrected chi connectivity index (χ1v) is 13.0. The maximum absolute atomic E-state index is 10.2. The van der Waals surface area contributed by atoms with Crippen LogP contribution in [0.3, 0.4) is 0 Å². The maximum atomic E-state index is 10.2. The number of aliphatic hydroxyl groups is 5. The molecular weight excluding hydrogens is 805 g/mol. The number of aliphatic carboxylic acids is 1. The molecule has 12 nitrogen and oxygen atoms in total. The second-order valence-electron chi connectivity index (χ2n) is 10.0. The van der Waals surface area contributed by atoms with E-state index in [4.69, 9.17) is 41.5 Å². The van der Waals surface area contributed by atoms with E-state index in [9.17, 15) is 14.4 Å². The zero-order chi connectivity index (χ0) is 32.2. The monoisotopic (exact) mass is 861 g/mol. The van der Waals surface area contributed by atoms with E-state index in [2.05, 4.69) is 50.7 Å². The van der Waals surface area contributed by atoms with E-state index in [0.717, 1.165) is 5.57 Å². The van der Waals surface area contributed by atoms with E-state index in [0.29, 0.717) is 5.41 Å². The van der Waals surface area contributed by atoms with E-state index in [1.165, 1.54) is 36.0 Å². The Balaban J connectivity index is -0.0000000449. The van der Waals surface area contributed by atoms with Crippen LogP contribution in [0.25, 0.3) is 0 Å². The van der Waals surface area contributed by atoms with Gasteiger partial charge in [-0.1, -0.05) is 67.0 Å². The number of carboxylic acids is 1. The molecule has 0 heterocycles. The van der Waals surface area contributed by atoms with Crippen molar-refractivity contribution in [2.45, 2.75) is 78.2 Å². The number of ether oxygens (including phenoxy) is 1. The Kier molecular flexibility index (Phi) is 49.2. The smallest absolute Gasteiger partial charge is 1.00 e. The van der Waals surface area contributed by atoms with Crippen molar-refractivity contribution in [1.29, 1.82) is 0 Å². The average molecular weight is 862 g/mol. The fourth-order valence-corrected chi connectivity index (χ4v) is 3.54. The van der Waals surface area contributed by atoms with Crippen LogP contribution in [0.1, 0.15) is 61.0 Å². The topological polar surface area (TPSA) is 228 Å². The molecule has 1 aliphatic rings. The summed E-state index contributed by atoms with van der Waals surface area (Å²) >= 11 is 0. The minimum Gasteiger partial charge on any atom is -1.00 e. The molecule has 46 heavy (non-hydrogen) atoms. The normalized spacial score (nSPS) is 16.4. The Morgan fingerprint density at radius 2 is 1.61 bits per heavy atom. The van der Waals surface area contributed by atoms with Gasteiger partial charge >= 0.3 is 128 Å². The molecule has 0 amide bonds. The van der Waals surface area contributed by atoms with Crippen LogP contribution >= 0.6 is 22.3 Å². The molecule has 17 heteroatoms. The third-order valence-electron chi connectivity index (χ3n) is 5.99. The minimum atomic E-state index is -1.77. The fraction of sp³-hybridized carbons (Fsp3) is 0.552. The van der Waals surface area contributed by atoms with Crippen LogP contribution in [-0.4, -0.2) is 185 Å². The molecule has 2 unspecified atom stereocenters. The average Bonchev–Trinajstić information content (AvgIpc) is 2.90. The first-order valence-electron chi connectivity index (χ1n) is 13.0. The number of carboxylic acid groups (broad SMARTS) is 2. The van der Waals surface area contributed by atoms with Crippen LogP contribution in [0.15, 0.2) is 58.7 Å². The van der Waals surface area contributed by atoms with Crippen molar-refractivity contribution in [2.75, 3.05) is 19.8 Å². The molecule has 9 N–H and O–H groups in total. The largest absolute Gasteiger partial charge is 2.00 e. The minimum absolute atomic E-state index is 0. The second-order valence-corrected chi connectivity index (χ2v) is 10.0. The van der Waals surface area contributed by atoms with Crippen LogP contribution in [-0.2, 0) is 14.3 Å². The van der Waals surface area contributed by atoms with Gasteiger partial charge < -0.3 is 53.3 Å². The number of rotatable bonds is 12. The summed E-state index contributed by atoms with van der Waals surface area (Å²) in [7, 11) is 0.